The zero-order valence-electron chi connectivity index (χ0n) is 11.0. The molecule has 19 heavy (non-hydrogen) atoms. The molecule has 1 aromatic rings. The Labute approximate surface area is 117 Å². The average molecular weight is 281 g/mol. The minimum atomic E-state index is -0.549. The van der Waals surface area contributed by atoms with Crippen LogP contribution in [0, 0.1) is 4.64 Å². The first-order valence-corrected chi connectivity index (χ1v) is 6.71. The summed E-state index contributed by atoms with van der Waals surface area (Å²) in [6, 6.07) is 0. The van der Waals surface area contributed by atoms with Gasteiger partial charge in [-0.15, -0.1) is 0 Å². The van der Waals surface area contributed by atoms with Crippen molar-refractivity contribution in [3.8, 4) is 0 Å². The van der Waals surface area contributed by atoms with Gasteiger partial charge < -0.3 is 17.3 Å². The van der Waals surface area contributed by atoms with Gasteiger partial charge in [0.1, 0.15) is 10.5 Å². The van der Waals surface area contributed by atoms with Crippen molar-refractivity contribution in [2.75, 3.05) is 24.7 Å². The summed E-state index contributed by atoms with van der Waals surface area (Å²) in [7, 11) is 0. The van der Waals surface area contributed by atoms with E-state index in [1.165, 1.54) is 4.68 Å². The molecule has 1 aliphatic rings. The lowest BCUT2D eigenvalue weighted by molar-refractivity contribution is 0.0998. The van der Waals surface area contributed by atoms with Crippen molar-refractivity contribution in [3.05, 3.63) is 21.3 Å². The Hall–Kier alpha value is -1.60. The molecule has 104 valence electrons. The van der Waals surface area contributed by atoms with E-state index in [1.807, 2.05) is 0 Å². The second-order valence-corrected chi connectivity index (χ2v) is 5.17. The molecule has 0 atom stereocenters. The monoisotopic (exact) mass is 281 g/mol. The third-order valence-corrected chi connectivity index (χ3v) is 3.95. The van der Waals surface area contributed by atoms with E-state index >= 15 is 0 Å². The van der Waals surface area contributed by atoms with Crippen LogP contribution in [0.2, 0.25) is 0 Å². The van der Waals surface area contributed by atoms with Crippen LogP contribution in [0.25, 0.3) is 0 Å². The molecular weight excluding hydrogens is 262 g/mol. The number of anilines is 1. The lowest BCUT2D eigenvalue weighted by Crippen LogP contribution is -2.35. The number of aromatic nitrogens is 1. The Morgan fingerprint density at radius 3 is 2.68 bits per heavy atom. The van der Waals surface area contributed by atoms with Gasteiger partial charge in [0.25, 0.3) is 5.91 Å². The highest BCUT2D eigenvalue weighted by Crippen LogP contribution is 2.27. The van der Waals surface area contributed by atoms with Crippen molar-refractivity contribution >= 4 is 23.9 Å². The summed E-state index contributed by atoms with van der Waals surface area (Å²) in [5, 5.41) is 0. The van der Waals surface area contributed by atoms with Gasteiger partial charge in [0.05, 0.1) is 5.56 Å². The fraction of sp³-hybridized carbons (Fsp3) is 0.500. The molecular formula is C12H19N5OS. The van der Waals surface area contributed by atoms with Crippen LogP contribution < -0.4 is 17.3 Å². The van der Waals surface area contributed by atoms with Gasteiger partial charge >= 0.3 is 0 Å². The van der Waals surface area contributed by atoms with Crippen molar-refractivity contribution in [2.24, 2.45) is 5.73 Å². The fourth-order valence-electron chi connectivity index (χ4n) is 2.60. The number of hydrogen-bond donors (Lipinski definition) is 3. The normalized spacial score (nSPS) is 15.2. The lowest BCUT2D eigenvalue weighted by atomic mass is 9.95. The second kappa shape index (κ2) is 5.18. The molecule has 0 spiro atoms. The Morgan fingerprint density at radius 2 is 2.11 bits per heavy atom. The summed E-state index contributed by atoms with van der Waals surface area (Å²) in [5.74, 6) is 5.43. The first kappa shape index (κ1) is 13.8. The number of nitrogen functional groups attached to an aromatic ring is 2. The van der Waals surface area contributed by atoms with Crippen LogP contribution in [0.5, 0.6) is 0 Å². The molecule has 0 fully saturated rings. The number of rotatable bonds is 3. The van der Waals surface area contributed by atoms with E-state index in [9.17, 15) is 4.79 Å². The van der Waals surface area contributed by atoms with Crippen LogP contribution >= 0.6 is 12.2 Å². The Bertz CT molecular complexity index is 580. The van der Waals surface area contributed by atoms with Gasteiger partial charge in [-0.2, -0.15) is 0 Å². The Kier molecular flexibility index (Phi) is 3.77. The van der Waals surface area contributed by atoms with Crippen molar-refractivity contribution in [2.45, 2.75) is 26.3 Å². The molecule has 1 amide bonds. The van der Waals surface area contributed by atoms with Crippen LogP contribution in [0.4, 0.5) is 5.82 Å². The van der Waals surface area contributed by atoms with Gasteiger partial charge in [0, 0.05) is 18.7 Å². The molecule has 0 aromatic carbocycles. The highest BCUT2D eigenvalue weighted by atomic mass is 32.1. The van der Waals surface area contributed by atoms with Crippen molar-refractivity contribution in [3.63, 3.8) is 0 Å². The maximum atomic E-state index is 11.6. The minimum Gasteiger partial charge on any atom is -0.383 e. The summed E-state index contributed by atoms with van der Waals surface area (Å²) >= 11 is 5.33. The van der Waals surface area contributed by atoms with Gasteiger partial charge in [0.15, 0.2) is 0 Å². The van der Waals surface area contributed by atoms with Gasteiger partial charge in [-0.3, -0.25) is 9.69 Å². The molecule has 1 aromatic heterocycles. The Morgan fingerprint density at radius 1 is 1.42 bits per heavy atom. The SMILES string of the molecule is CCCN1CCc2c(C(N)=O)c(N)n(N)c(=S)c2C1. The summed E-state index contributed by atoms with van der Waals surface area (Å²) in [5.41, 5.74) is 13.4. The van der Waals surface area contributed by atoms with E-state index in [-0.39, 0.29) is 5.82 Å². The zero-order valence-corrected chi connectivity index (χ0v) is 11.8. The summed E-state index contributed by atoms with van der Waals surface area (Å²) in [6.45, 7) is 4.70. The van der Waals surface area contributed by atoms with E-state index in [0.717, 1.165) is 37.1 Å². The second-order valence-electron chi connectivity index (χ2n) is 4.78. The molecule has 0 aliphatic carbocycles. The molecule has 0 bridgehead atoms. The molecule has 0 saturated carbocycles. The van der Waals surface area contributed by atoms with E-state index in [4.69, 9.17) is 29.5 Å². The molecule has 0 radical (unpaired) electrons. The summed E-state index contributed by atoms with van der Waals surface area (Å²) in [6.07, 6.45) is 1.80. The highest BCUT2D eigenvalue weighted by Gasteiger charge is 2.25. The third kappa shape index (κ3) is 2.31. The zero-order chi connectivity index (χ0) is 14.2. The van der Waals surface area contributed by atoms with Crippen LogP contribution in [-0.2, 0) is 13.0 Å². The van der Waals surface area contributed by atoms with E-state index in [2.05, 4.69) is 11.8 Å². The standard InChI is InChI=1S/C12H19N5OS/c1-2-4-16-5-3-7-8(6-16)12(19)17(15)10(13)9(7)11(14)18/h2-6,13,15H2,1H3,(H2,14,18). The predicted octanol–water partition coefficient (Wildman–Crippen LogP) is 0.381. The third-order valence-electron chi connectivity index (χ3n) is 3.50. The quantitative estimate of drug-likeness (QED) is 0.549. The van der Waals surface area contributed by atoms with Crippen molar-refractivity contribution in [1.82, 2.24) is 9.58 Å². The van der Waals surface area contributed by atoms with Crippen LogP contribution in [0.15, 0.2) is 0 Å². The number of fused-ring (bicyclic) bond motifs is 1. The smallest absolute Gasteiger partial charge is 0.252 e. The summed E-state index contributed by atoms with van der Waals surface area (Å²) in [4.78, 5) is 13.9. The number of nitrogens with zero attached hydrogens (tertiary/aromatic N) is 2. The molecule has 2 rings (SSSR count). The molecule has 0 saturated heterocycles. The number of carbonyl (C=O) groups excluding carboxylic acids is 1. The lowest BCUT2D eigenvalue weighted by Gasteiger charge is -2.30. The van der Waals surface area contributed by atoms with Crippen LogP contribution in [0.3, 0.4) is 0 Å². The summed E-state index contributed by atoms with van der Waals surface area (Å²) < 4.78 is 1.67. The number of pyridine rings is 1. The topological polar surface area (TPSA) is 103 Å². The average Bonchev–Trinajstić information content (AvgIpc) is 2.37. The molecule has 6 nitrogen and oxygen atoms in total. The van der Waals surface area contributed by atoms with Crippen molar-refractivity contribution < 1.29 is 4.79 Å². The van der Waals surface area contributed by atoms with E-state index in [1.54, 1.807) is 0 Å². The van der Waals surface area contributed by atoms with E-state index in [0.29, 0.717) is 16.7 Å². The maximum absolute atomic E-state index is 11.6. The fourth-order valence-corrected chi connectivity index (χ4v) is 2.89. The van der Waals surface area contributed by atoms with Crippen LogP contribution in [-0.4, -0.2) is 28.6 Å². The number of nitrogens with two attached hydrogens (primary N) is 3. The molecule has 2 heterocycles. The maximum Gasteiger partial charge on any atom is 0.252 e. The first-order valence-electron chi connectivity index (χ1n) is 6.30. The molecule has 0 unspecified atom stereocenters. The molecule has 6 N–H and O–H groups in total. The predicted molar refractivity (Wildman–Crippen MR) is 77.6 cm³/mol. The highest BCUT2D eigenvalue weighted by molar-refractivity contribution is 7.71. The molecule has 1 aliphatic heterocycles. The van der Waals surface area contributed by atoms with Crippen LogP contribution in [0.1, 0.15) is 34.8 Å². The number of hydrogen-bond acceptors (Lipinski definition) is 5. The number of amides is 1. The largest absolute Gasteiger partial charge is 0.383 e. The number of carbonyl (C=O) groups is 1. The van der Waals surface area contributed by atoms with Gasteiger partial charge in [0.2, 0.25) is 0 Å². The first-order chi connectivity index (χ1) is 8.97. The number of primary amides is 1. The van der Waals surface area contributed by atoms with Crippen molar-refractivity contribution in [1.29, 1.82) is 0 Å². The van der Waals surface area contributed by atoms with Gasteiger partial charge in [-0.1, -0.05) is 19.1 Å². The van der Waals surface area contributed by atoms with E-state index < -0.39 is 5.91 Å². The molecule has 7 heteroatoms. The minimum absolute atomic E-state index is 0.153. The van der Waals surface area contributed by atoms with Gasteiger partial charge in [-0.25, -0.2) is 4.68 Å². The van der Waals surface area contributed by atoms with Gasteiger partial charge in [-0.05, 0) is 24.9 Å². The Balaban J connectivity index is 2.59.